The molecule has 0 radical (unpaired) electrons. The van der Waals surface area contributed by atoms with Gasteiger partial charge in [0.05, 0.1) is 6.10 Å². The average molecular weight is 281 g/mol. The van der Waals surface area contributed by atoms with E-state index in [0.29, 0.717) is 22.5 Å². The van der Waals surface area contributed by atoms with Crippen LogP contribution in [-0.2, 0) is 0 Å². The summed E-state index contributed by atoms with van der Waals surface area (Å²) in [5, 5.41) is 19.2. The number of aliphatic hydroxyl groups excluding tert-OH is 2. The lowest BCUT2D eigenvalue weighted by Gasteiger charge is -2.16. The Morgan fingerprint density at radius 2 is 2.21 bits per heavy atom. The third-order valence-corrected chi connectivity index (χ3v) is 2.51. The summed E-state index contributed by atoms with van der Waals surface area (Å²) in [5.41, 5.74) is 0.629. The molecule has 0 saturated carbocycles. The molecular formula is C9H11BrClNO2. The second-order valence-electron chi connectivity index (χ2n) is 2.90. The molecule has 0 spiro atoms. The van der Waals surface area contributed by atoms with Gasteiger partial charge in [-0.3, -0.25) is 0 Å². The van der Waals surface area contributed by atoms with Gasteiger partial charge in [-0.05, 0) is 40.0 Å². The molecule has 78 valence electrons. The van der Waals surface area contributed by atoms with Crippen LogP contribution in [0.3, 0.4) is 0 Å². The zero-order chi connectivity index (χ0) is 10.6. The highest BCUT2D eigenvalue weighted by molar-refractivity contribution is 9.10. The maximum atomic E-state index is 9.69. The SMILES string of the molecule is OC(CCCl)C(O)c1ccnc(Br)c1. The second kappa shape index (κ2) is 5.66. The van der Waals surface area contributed by atoms with Gasteiger partial charge in [-0.25, -0.2) is 4.98 Å². The number of rotatable bonds is 4. The summed E-state index contributed by atoms with van der Waals surface area (Å²) in [6.07, 6.45) is 0.188. The molecule has 0 bridgehead atoms. The highest BCUT2D eigenvalue weighted by atomic mass is 79.9. The normalized spacial score (nSPS) is 15.1. The zero-order valence-corrected chi connectivity index (χ0v) is 9.74. The summed E-state index contributed by atoms with van der Waals surface area (Å²) in [6, 6.07) is 3.33. The van der Waals surface area contributed by atoms with E-state index in [0.717, 1.165) is 0 Å². The Kier molecular flexibility index (Phi) is 4.81. The minimum absolute atomic E-state index is 0.324. The van der Waals surface area contributed by atoms with Crippen LogP contribution in [0, 0.1) is 0 Å². The van der Waals surface area contributed by atoms with Crippen LogP contribution < -0.4 is 0 Å². The molecule has 5 heteroatoms. The first-order valence-corrected chi connectivity index (χ1v) is 5.51. The van der Waals surface area contributed by atoms with Gasteiger partial charge in [0, 0.05) is 12.1 Å². The van der Waals surface area contributed by atoms with Gasteiger partial charge < -0.3 is 10.2 Å². The maximum Gasteiger partial charge on any atom is 0.106 e. The Morgan fingerprint density at radius 3 is 2.79 bits per heavy atom. The Balaban J connectivity index is 2.73. The molecule has 0 aliphatic carbocycles. The number of alkyl halides is 1. The lowest BCUT2D eigenvalue weighted by Crippen LogP contribution is -2.18. The van der Waals surface area contributed by atoms with Crippen LogP contribution in [0.15, 0.2) is 22.9 Å². The van der Waals surface area contributed by atoms with E-state index in [2.05, 4.69) is 20.9 Å². The van der Waals surface area contributed by atoms with Gasteiger partial charge in [0.25, 0.3) is 0 Å². The van der Waals surface area contributed by atoms with Crippen molar-refractivity contribution in [3.63, 3.8) is 0 Å². The quantitative estimate of drug-likeness (QED) is 0.654. The fraction of sp³-hybridized carbons (Fsp3) is 0.444. The first kappa shape index (κ1) is 11.9. The summed E-state index contributed by atoms with van der Waals surface area (Å²) in [7, 11) is 0. The molecule has 0 fully saturated rings. The van der Waals surface area contributed by atoms with Crippen molar-refractivity contribution in [1.29, 1.82) is 0 Å². The topological polar surface area (TPSA) is 53.4 Å². The molecule has 2 atom stereocenters. The third-order valence-electron chi connectivity index (χ3n) is 1.86. The Labute approximate surface area is 95.9 Å². The number of aromatic nitrogens is 1. The van der Waals surface area contributed by atoms with Crippen molar-refractivity contribution in [2.75, 3.05) is 5.88 Å². The lowest BCUT2D eigenvalue weighted by molar-refractivity contribution is 0.0169. The van der Waals surface area contributed by atoms with Crippen LogP contribution in [0.1, 0.15) is 18.1 Å². The van der Waals surface area contributed by atoms with Gasteiger partial charge >= 0.3 is 0 Å². The molecule has 0 aliphatic heterocycles. The molecule has 2 unspecified atom stereocenters. The molecule has 0 aliphatic rings. The molecule has 1 aromatic rings. The molecule has 1 rings (SSSR count). The van der Waals surface area contributed by atoms with E-state index >= 15 is 0 Å². The number of hydrogen-bond acceptors (Lipinski definition) is 3. The third kappa shape index (κ3) is 3.20. The Morgan fingerprint density at radius 1 is 1.50 bits per heavy atom. The summed E-state index contributed by atoms with van der Waals surface area (Å²) < 4.78 is 0.632. The minimum Gasteiger partial charge on any atom is -0.390 e. The number of aliphatic hydroxyl groups is 2. The molecule has 0 amide bonds. The van der Waals surface area contributed by atoms with Crippen molar-refractivity contribution in [3.05, 3.63) is 28.5 Å². The number of halogens is 2. The maximum absolute atomic E-state index is 9.69. The van der Waals surface area contributed by atoms with Gasteiger partial charge in [-0.15, -0.1) is 11.6 Å². The van der Waals surface area contributed by atoms with Gasteiger partial charge in [-0.2, -0.15) is 0 Å². The van der Waals surface area contributed by atoms with Crippen molar-refractivity contribution in [1.82, 2.24) is 4.98 Å². The van der Waals surface area contributed by atoms with Crippen LogP contribution in [0.25, 0.3) is 0 Å². The molecule has 0 saturated heterocycles. The molecule has 3 nitrogen and oxygen atoms in total. The van der Waals surface area contributed by atoms with Crippen LogP contribution >= 0.6 is 27.5 Å². The Bertz CT molecular complexity index is 298. The van der Waals surface area contributed by atoms with Crippen molar-refractivity contribution in [3.8, 4) is 0 Å². The second-order valence-corrected chi connectivity index (χ2v) is 4.09. The number of pyridine rings is 1. The molecular weight excluding hydrogens is 269 g/mol. The van der Waals surface area contributed by atoms with E-state index in [4.69, 9.17) is 11.6 Å². The summed E-state index contributed by atoms with van der Waals surface area (Å²) >= 11 is 8.66. The van der Waals surface area contributed by atoms with Crippen molar-refractivity contribution >= 4 is 27.5 Å². The van der Waals surface area contributed by atoms with E-state index in [9.17, 15) is 10.2 Å². The minimum atomic E-state index is -0.909. The lowest BCUT2D eigenvalue weighted by atomic mass is 10.0. The molecule has 0 aromatic carbocycles. The summed E-state index contributed by atoms with van der Waals surface area (Å²) in [4.78, 5) is 3.93. The highest BCUT2D eigenvalue weighted by Gasteiger charge is 2.17. The molecule has 1 aromatic heterocycles. The van der Waals surface area contributed by atoms with Crippen LogP contribution in [0.2, 0.25) is 0 Å². The van der Waals surface area contributed by atoms with Gasteiger partial charge in [0.2, 0.25) is 0 Å². The number of nitrogens with zero attached hydrogens (tertiary/aromatic N) is 1. The molecule has 2 N–H and O–H groups in total. The first-order valence-electron chi connectivity index (χ1n) is 4.18. The van der Waals surface area contributed by atoms with Gasteiger partial charge in [0.15, 0.2) is 0 Å². The van der Waals surface area contributed by atoms with Gasteiger partial charge in [-0.1, -0.05) is 0 Å². The fourth-order valence-electron chi connectivity index (χ4n) is 1.09. The van der Waals surface area contributed by atoms with E-state index in [-0.39, 0.29) is 0 Å². The van der Waals surface area contributed by atoms with Crippen molar-refractivity contribution in [2.45, 2.75) is 18.6 Å². The predicted molar refractivity (Wildman–Crippen MR) is 58.2 cm³/mol. The van der Waals surface area contributed by atoms with E-state index < -0.39 is 12.2 Å². The van der Waals surface area contributed by atoms with Crippen LogP contribution in [0.5, 0.6) is 0 Å². The standard InChI is InChI=1S/C9H11BrClNO2/c10-8-5-6(2-4-12-8)9(14)7(13)1-3-11/h2,4-5,7,9,13-14H,1,3H2. The molecule has 14 heavy (non-hydrogen) atoms. The van der Waals surface area contributed by atoms with Crippen LogP contribution in [-0.4, -0.2) is 27.2 Å². The monoisotopic (exact) mass is 279 g/mol. The fourth-order valence-corrected chi connectivity index (χ4v) is 1.70. The van der Waals surface area contributed by atoms with E-state index in [1.807, 2.05) is 0 Å². The Hall–Kier alpha value is -0.160. The largest absolute Gasteiger partial charge is 0.390 e. The van der Waals surface area contributed by atoms with E-state index in [1.165, 1.54) is 0 Å². The van der Waals surface area contributed by atoms with Gasteiger partial charge in [0.1, 0.15) is 10.7 Å². The summed E-state index contributed by atoms with van der Waals surface area (Å²) in [5.74, 6) is 0.324. The zero-order valence-electron chi connectivity index (χ0n) is 7.40. The highest BCUT2D eigenvalue weighted by Crippen LogP contribution is 2.20. The first-order chi connectivity index (χ1) is 6.65. The average Bonchev–Trinajstić information content (AvgIpc) is 2.17. The van der Waals surface area contributed by atoms with Crippen molar-refractivity contribution < 1.29 is 10.2 Å². The number of hydrogen-bond donors (Lipinski definition) is 2. The summed E-state index contributed by atoms with van der Waals surface area (Å²) in [6.45, 7) is 0. The van der Waals surface area contributed by atoms with Crippen LogP contribution in [0.4, 0.5) is 0 Å². The van der Waals surface area contributed by atoms with E-state index in [1.54, 1.807) is 18.3 Å². The molecule has 1 heterocycles. The smallest absolute Gasteiger partial charge is 0.106 e. The predicted octanol–water partition coefficient (Wildman–Crippen LogP) is 1.87. The van der Waals surface area contributed by atoms with Crippen molar-refractivity contribution in [2.24, 2.45) is 0 Å².